The van der Waals surface area contributed by atoms with Gasteiger partial charge in [0, 0.05) is 42.0 Å². The van der Waals surface area contributed by atoms with Gasteiger partial charge >= 0.3 is 5.97 Å². The molecule has 1 unspecified atom stereocenters. The molecule has 3 aromatic carbocycles. The van der Waals surface area contributed by atoms with E-state index in [1.807, 2.05) is 72.8 Å². The first-order valence-corrected chi connectivity index (χ1v) is 15.6. The third-order valence-electron chi connectivity index (χ3n) is 6.85. The molecule has 2 heterocycles. The lowest BCUT2D eigenvalue weighted by Gasteiger charge is -2.27. The molecule has 1 aliphatic heterocycles. The molecule has 0 aliphatic carbocycles. The first kappa shape index (κ1) is 29.6. The number of ether oxygens (including phenoxy) is 1. The van der Waals surface area contributed by atoms with Crippen molar-refractivity contribution in [1.29, 1.82) is 0 Å². The summed E-state index contributed by atoms with van der Waals surface area (Å²) < 4.78 is 5.45. The number of carbonyl (C=O) groups is 3. The van der Waals surface area contributed by atoms with Crippen molar-refractivity contribution in [2.45, 2.75) is 43.5 Å². The third kappa shape index (κ3) is 7.28. The van der Waals surface area contributed by atoms with Gasteiger partial charge in [0.1, 0.15) is 10.3 Å². The van der Waals surface area contributed by atoms with E-state index in [2.05, 4.69) is 27.7 Å². The molecule has 0 bridgehead atoms. The standard InChI is InChI=1S/C33H33N3O4S2/c1-3-40-33(39)29-27-17-18-36(20-23-11-6-4-7-12-23)21-28(27)42-32(29)35-31(38)30(24-13-8-5-9-14-24)41-26-16-10-15-25(19-26)34-22(2)37/h4-16,19,30H,3,17-18,20-21H2,1-2H3,(H,34,37)(H,35,38). The highest BCUT2D eigenvalue weighted by Gasteiger charge is 2.31. The fourth-order valence-corrected chi connectivity index (χ4v) is 7.37. The summed E-state index contributed by atoms with van der Waals surface area (Å²) in [6, 6.07) is 27.3. The largest absolute Gasteiger partial charge is 0.462 e. The minimum Gasteiger partial charge on any atom is -0.462 e. The van der Waals surface area contributed by atoms with Crippen LogP contribution < -0.4 is 10.6 Å². The van der Waals surface area contributed by atoms with Crippen LogP contribution in [0, 0.1) is 0 Å². The Balaban J connectivity index is 1.42. The molecule has 1 aromatic heterocycles. The first-order valence-electron chi connectivity index (χ1n) is 13.9. The SMILES string of the molecule is CCOC(=O)c1c(NC(=O)C(Sc2cccc(NC(C)=O)c2)c2ccccc2)sc2c1CCN(Cc1ccccc1)C2. The van der Waals surface area contributed by atoms with E-state index in [-0.39, 0.29) is 18.4 Å². The second-order valence-electron chi connectivity index (χ2n) is 9.98. The second kappa shape index (κ2) is 13.8. The maximum atomic E-state index is 14.0. The minimum absolute atomic E-state index is 0.162. The quantitative estimate of drug-likeness (QED) is 0.152. The van der Waals surface area contributed by atoms with E-state index in [1.54, 1.807) is 6.92 Å². The normalized spacial score (nSPS) is 13.6. The zero-order valence-electron chi connectivity index (χ0n) is 23.6. The number of esters is 1. The van der Waals surface area contributed by atoms with Crippen molar-refractivity contribution in [3.05, 3.63) is 112 Å². The molecule has 0 spiro atoms. The number of benzene rings is 3. The van der Waals surface area contributed by atoms with Gasteiger partial charge in [-0.05, 0) is 48.2 Å². The van der Waals surface area contributed by atoms with Crippen LogP contribution in [0.2, 0.25) is 0 Å². The van der Waals surface area contributed by atoms with Gasteiger partial charge in [0.25, 0.3) is 0 Å². The maximum Gasteiger partial charge on any atom is 0.341 e. The van der Waals surface area contributed by atoms with E-state index in [0.29, 0.717) is 29.2 Å². The number of hydrogen-bond acceptors (Lipinski definition) is 7. The zero-order valence-corrected chi connectivity index (χ0v) is 25.2. The number of amides is 2. The molecule has 0 radical (unpaired) electrons. The number of nitrogens with one attached hydrogen (secondary N) is 2. The molecule has 5 rings (SSSR count). The van der Waals surface area contributed by atoms with Crippen LogP contribution in [-0.4, -0.2) is 35.8 Å². The lowest BCUT2D eigenvalue weighted by atomic mass is 10.0. The zero-order chi connectivity index (χ0) is 29.5. The Labute approximate surface area is 254 Å². The molecule has 9 heteroatoms. The number of hydrogen-bond donors (Lipinski definition) is 2. The summed E-state index contributed by atoms with van der Waals surface area (Å²) in [6.07, 6.45) is 0.704. The average molecular weight is 600 g/mol. The van der Waals surface area contributed by atoms with Gasteiger partial charge in [-0.1, -0.05) is 66.7 Å². The van der Waals surface area contributed by atoms with E-state index in [4.69, 9.17) is 4.74 Å². The molecule has 0 fully saturated rings. The van der Waals surface area contributed by atoms with E-state index >= 15 is 0 Å². The van der Waals surface area contributed by atoms with E-state index < -0.39 is 11.2 Å². The van der Waals surface area contributed by atoms with Crippen molar-refractivity contribution < 1.29 is 19.1 Å². The number of anilines is 2. The van der Waals surface area contributed by atoms with Crippen molar-refractivity contribution in [3.63, 3.8) is 0 Å². The van der Waals surface area contributed by atoms with Gasteiger partial charge in [-0.25, -0.2) is 4.79 Å². The fraction of sp³-hybridized carbons (Fsp3) is 0.242. The van der Waals surface area contributed by atoms with Crippen LogP contribution in [0.25, 0.3) is 0 Å². The lowest BCUT2D eigenvalue weighted by Crippen LogP contribution is -2.30. The Morgan fingerprint density at radius 3 is 2.43 bits per heavy atom. The van der Waals surface area contributed by atoms with Crippen LogP contribution in [0.4, 0.5) is 10.7 Å². The predicted molar refractivity (Wildman–Crippen MR) is 169 cm³/mol. The van der Waals surface area contributed by atoms with Gasteiger partial charge in [0.2, 0.25) is 11.8 Å². The van der Waals surface area contributed by atoms with Crippen LogP contribution in [0.3, 0.4) is 0 Å². The number of rotatable bonds is 10. The van der Waals surface area contributed by atoms with Gasteiger partial charge in [-0.3, -0.25) is 14.5 Å². The Hall–Kier alpha value is -3.92. The van der Waals surface area contributed by atoms with Crippen molar-refractivity contribution in [1.82, 2.24) is 4.90 Å². The molecule has 1 atom stereocenters. The molecular formula is C33H33N3O4S2. The van der Waals surface area contributed by atoms with Crippen molar-refractivity contribution in [3.8, 4) is 0 Å². The number of thioether (sulfide) groups is 1. The van der Waals surface area contributed by atoms with Gasteiger partial charge < -0.3 is 15.4 Å². The van der Waals surface area contributed by atoms with Gasteiger partial charge in [0.05, 0.1) is 12.2 Å². The minimum atomic E-state index is -0.595. The molecule has 42 heavy (non-hydrogen) atoms. The smallest absolute Gasteiger partial charge is 0.341 e. The Morgan fingerprint density at radius 2 is 1.71 bits per heavy atom. The summed E-state index contributed by atoms with van der Waals surface area (Å²) in [5.41, 5.74) is 4.16. The summed E-state index contributed by atoms with van der Waals surface area (Å²) >= 11 is 2.84. The summed E-state index contributed by atoms with van der Waals surface area (Å²) in [4.78, 5) is 43.0. The number of carbonyl (C=O) groups excluding carboxylic acids is 3. The highest BCUT2D eigenvalue weighted by atomic mass is 32.2. The fourth-order valence-electron chi connectivity index (χ4n) is 5.00. The highest BCUT2D eigenvalue weighted by Crippen LogP contribution is 2.41. The summed E-state index contributed by atoms with van der Waals surface area (Å²) in [6.45, 7) is 5.83. The van der Waals surface area contributed by atoms with E-state index in [9.17, 15) is 14.4 Å². The van der Waals surface area contributed by atoms with Crippen LogP contribution >= 0.6 is 23.1 Å². The van der Waals surface area contributed by atoms with Gasteiger partial charge in [0.15, 0.2) is 0 Å². The lowest BCUT2D eigenvalue weighted by molar-refractivity contribution is -0.116. The molecule has 4 aromatic rings. The molecule has 7 nitrogen and oxygen atoms in total. The van der Waals surface area contributed by atoms with Crippen molar-refractivity contribution in [2.75, 3.05) is 23.8 Å². The highest BCUT2D eigenvalue weighted by molar-refractivity contribution is 8.00. The Bertz CT molecular complexity index is 1560. The second-order valence-corrected chi connectivity index (χ2v) is 12.3. The topological polar surface area (TPSA) is 87.7 Å². The first-order chi connectivity index (χ1) is 20.4. The molecule has 0 saturated carbocycles. The molecular weight excluding hydrogens is 567 g/mol. The summed E-state index contributed by atoms with van der Waals surface area (Å²) in [5.74, 6) is -0.805. The van der Waals surface area contributed by atoms with Crippen LogP contribution in [-0.2, 0) is 33.8 Å². The van der Waals surface area contributed by atoms with Gasteiger partial charge in [-0.2, -0.15) is 0 Å². The molecule has 0 saturated heterocycles. The van der Waals surface area contributed by atoms with Crippen LogP contribution in [0.5, 0.6) is 0 Å². The maximum absolute atomic E-state index is 14.0. The van der Waals surface area contributed by atoms with Crippen molar-refractivity contribution >= 4 is 51.6 Å². The Morgan fingerprint density at radius 1 is 0.976 bits per heavy atom. The number of fused-ring (bicyclic) bond motifs is 1. The number of nitrogens with zero attached hydrogens (tertiary/aromatic N) is 1. The van der Waals surface area contributed by atoms with E-state index in [0.717, 1.165) is 34.0 Å². The predicted octanol–water partition coefficient (Wildman–Crippen LogP) is 6.91. The average Bonchev–Trinajstić information content (AvgIpc) is 3.34. The molecule has 2 N–H and O–H groups in total. The third-order valence-corrected chi connectivity index (χ3v) is 9.23. The van der Waals surface area contributed by atoms with Crippen molar-refractivity contribution in [2.24, 2.45) is 0 Å². The summed E-state index contributed by atoms with van der Waals surface area (Å²) in [7, 11) is 0. The van der Waals surface area contributed by atoms with Crippen LogP contribution in [0.15, 0.2) is 89.8 Å². The Kier molecular flexibility index (Phi) is 9.74. The monoisotopic (exact) mass is 599 g/mol. The number of thiophene rings is 1. The molecule has 216 valence electrons. The molecule has 1 aliphatic rings. The molecule has 2 amide bonds. The summed E-state index contributed by atoms with van der Waals surface area (Å²) in [5, 5.41) is 5.84. The van der Waals surface area contributed by atoms with Crippen LogP contribution in [0.1, 0.15) is 51.0 Å². The van der Waals surface area contributed by atoms with Gasteiger partial charge in [-0.15, -0.1) is 23.1 Å². The van der Waals surface area contributed by atoms with E-state index in [1.165, 1.54) is 35.6 Å².